The van der Waals surface area contributed by atoms with E-state index in [9.17, 15) is 10.2 Å². The van der Waals surface area contributed by atoms with Gasteiger partial charge in [0.2, 0.25) is 0 Å². The Morgan fingerprint density at radius 2 is 1.92 bits per heavy atom. The maximum Gasteiger partial charge on any atom is 0.0924 e. The second-order valence-corrected chi connectivity index (χ2v) is 3.24. The molecule has 0 spiro atoms. The van der Waals surface area contributed by atoms with Crippen molar-refractivity contribution in [2.45, 2.75) is 51.2 Å². The highest BCUT2D eigenvalue weighted by molar-refractivity contribution is 4.84. The first-order valence-corrected chi connectivity index (χ1v) is 4.62. The van der Waals surface area contributed by atoms with E-state index >= 15 is 0 Å². The Morgan fingerprint density at radius 3 is 2.25 bits per heavy atom. The zero-order valence-electron chi connectivity index (χ0n) is 7.95. The van der Waals surface area contributed by atoms with Gasteiger partial charge in [-0.2, -0.15) is 0 Å². The summed E-state index contributed by atoms with van der Waals surface area (Å²) < 4.78 is 0. The van der Waals surface area contributed by atoms with Crippen LogP contribution in [0.25, 0.3) is 0 Å². The van der Waals surface area contributed by atoms with E-state index in [1.165, 1.54) is 0 Å². The molecule has 0 rings (SSSR count). The molecule has 0 aliphatic heterocycles. The van der Waals surface area contributed by atoms with E-state index in [0.717, 1.165) is 6.42 Å². The molecule has 0 aromatic heterocycles. The number of aliphatic hydroxyl groups is 3. The summed E-state index contributed by atoms with van der Waals surface area (Å²) in [5.74, 6) is 0. The van der Waals surface area contributed by atoms with Crippen molar-refractivity contribution in [3.63, 3.8) is 0 Å². The monoisotopic (exact) mass is 176 g/mol. The molecule has 2 unspecified atom stereocenters. The molecule has 0 aromatic rings. The SMILES string of the molecule is CCCC(O)C(O)(CC)CCO. The van der Waals surface area contributed by atoms with E-state index in [1.807, 2.05) is 13.8 Å². The van der Waals surface area contributed by atoms with Crippen molar-refractivity contribution in [1.82, 2.24) is 0 Å². The molecule has 0 aliphatic rings. The highest BCUT2D eigenvalue weighted by Gasteiger charge is 2.32. The third kappa shape index (κ3) is 3.09. The second kappa shape index (κ2) is 5.51. The zero-order chi connectivity index (χ0) is 9.61. The molecule has 3 N–H and O–H groups in total. The molecule has 2 atom stereocenters. The van der Waals surface area contributed by atoms with Crippen molar-refractivity contribution in [2.75, 3.05) is 6.61 Å². The average Bonchev–Trinajstić information content (AvgIpc) is 2.05. The molecule has 0 radical (unpaired) electrons. The van der Waals surface area contributed by atoms with Gasteiger partial charge in [-0.25, -0.2) is 0 Å². The van der Waals surface area contributed by atoms with E-state index in [0.29, 0.717) is 12.8 Å². The Kier molecular flexibility index (Phi) is 5.46. The average molecular weight is 176 g/mol. The molecule has 0 fully saturated rings. The summed E-state index contributed by atoms with van der Waals surface area (Å²) in [4.78, 5) is 0. The van der Waals surface area contributed by atoms with Crippen molar-refractivity contribution in [3.05, 3.63) is 0 Å². The van der Waals surface area contributed by atoms with Crippen molar-refractivity contribution in [3.8, 4) is 0 Å². The fraction of sp³-hybridized carbons (Fsp3) is 1.00. The van der Waals surface area contributed by atoms with E-state index in [4.69, 9.17) is 5.11 Å². The maximum absolute atomic E-state index is 9.81. The van der Waals surface area contributed by atoms with Crippen LogP contribution in [0.2, 0.25) is 0 Å². The van der Waals surface area contributed by atoms with Crippen molar-refractivity contribution >= 4 is 0 Å². The molecule has 3 heteroatoms. The van der Waals surface area contributed by atoms with Crippen LogP contribution < -0.4 is 0 Å². The summed E-state index contributed by atoms with van der Waals surface area (Å²) in [6.07, 6.45) is 1.46. The van der Waals surface area contributed by atoms with E-state index in [1.54, 1.807) is 0 Å². The molecule has 0 heterocycles. The molecular weight excluding hydrogens is 156 g/mol. The molecule has 0 bridgehead atoms. The van der Waals surface area contributed by atoms with Crippen LogP contribution in [0.15, 0.2) is 0 Å². The van der Waals surface area contributed by atoms with Gasteiger partial charge in [0.05, 0.1) is 11.7 Å². The molecular formula is C9H20O3. The van der Waals surface area contributed by atoms with Gasteiger partial charge in [0.25, 0.3) is 0 Å². The van der Waals surface area contributed by atoms with Crippen LogP contribution in [0.1, 0.15) is 39.5 Å². The number of rotatable bonds is 6. The quantitative estimate of drug-likeness (QED) is 0.557. The molecule has 0 saturated heterocycles. The van der Waals surface area contributed by atoms with E-state index in [2.05, 4.69) is 0 Å². The van der Waals surface area contributed by atoms with Crippen LogP contribution in [0, 0.1) is 0 Å². The fourth-order valence-electron chi connectivity index (χ4n) is 1.31. The van der Waals surface area contributed by atoms with Crippen molar-refractivity contribution < 1.29 is 15.3 Å². The molecule has 0 saturated carbocycles. The summed E-state index contributed by atoms with van der Waals surface area (Å²) in [6.45, 7) is 3.69. The van der Waals surface area contributed by atoms with Gasteiger partial charge in [-0.3, -0.25) is 0 Å². The largest absolute Gasteiger partial charge is 0.396 e. The third-order valence-electron chi connectivity index (χ3n) is 2.34. The molecule has 0 amide bonds. The Hall–Kier alpha value is -0.120. The highest BCUT2D eigenvalue weighted by atomic mass is 16.3. The van der Waals surface area contributed by atoms with Crippen LogP contribution in [0.5, 0.6) is 0 Å². The first kappa shape index (κ1) is 11.9. The lowest BCUT2D eigenvalue weighted by Gasteiger charge is -2.31. The molecule has 0 aromatic carbocycles. The predicted octanol–water partition coefficient (Wildman–Crippen LogP) is 0.671. The van der Waals surface area contributed by atoms with E-state index < -0.39 is 11.7 Å². The highest BCUT2D eigenvalue weighted by Crippen LogP contribution is 2.22. The minimum Gasteiger partial charge on any atom is -0.396 e. The molecule has 12 heavy (non-hydrogen) atoms. The Bertz CT molecular complexity index is 116. The standard InChI is InChI=1S/C9H20O3/c1-3-5-8(11)9(12,4-2)6-7-10/h8,10-12H,3-7H2,1-2H3. The van der Waals surface area contributed by atoms with Crippen LogP contribution in [-0.4, -0.2) is 33.6 Å². The fourth-order valence-corrected chi connectivity index (χ4v) is 1.31. The Balaban J connectivity index is 4.08. The van der Waals surface area contributed by atoms with Gasteiger partial charge in [0.1, 0.15) is 0 Å². The van der Waals surface area contributed by atoms with Gasteiger partial charge in [-0.1, -0.05) is 20.3 Å². The first-order chi connectivity index (χ1) is 5.60. The smallest absolute Gasteiger partial charge is 0.0924 e. The lowest BCUT2D eigenvalue weighted by molar-refractivity contribution is -0.0925. The summed E-state index contributed by atoms with van der Waals surface area (Å²) in [6, 6.07) is 0. The number of hydrogen-bond acceptors (Lipinski definition) is 3. The summed E-state index contributed by atoms with van der Waals surface area (Å²) in [7, 11) is 0. The topological polar surface area (TPSA) is 60.7 Å². The summed E-state index contributed by atoms with van der Waals surface area (Å²) >= 11 is 0. The Labute approximate surface area is 74.0 Å². The molecule has 0 aliphatic carbocycles. The van der Waals surface area contributed by atoms with Crippen molar-refractivity contribution in [2.24, 2.45) is 0 Å². The number of hydrogen-bond donors (Lipinski definition) is 3. The predicted molar refractivity (Wildman–Crippen MR) is 47.9 cm³/mol. The van der Waals surface area contributed by atoms with Gasteiger partial charge in [0, 0.05) is 13.0 Å². The summed E-state index contributed by atoms with van der Waals surface area (Å²) in [5, 5.41) is 28.0. The minimum atomic E-state index is -1.09. The first-order valence-electron chi connectivity index (χ1n) is 4.62. The van der Waals surface area contributed by atoms with E-state index in [-0.39, 0.29) is 13.0 Å². The maximum atomic E-state index is 9.81. The third-order valence-corrected chi connectivity index (χ3v) is 2.34. The van der Waals surface area contributed by atoms with Crippen LogP contribution >= 0.6 is 0 Å². The van der Waals surface area contributed by atoms with Gasteiger partial charge in [-0.15, -0.1) is 0 Å². The number of aliphatic hydroxyl groups excluding tert-OH is 2. The van der Waals surface area contributed by atoms with Gasteiger partial charge < -0.3 is 15.3 Å². The van der Waals surface area contributed by atoms with Crippen LogP contribution in [0.3, 0.4) is 0 Å². The molecule has 74 valence electrons. The van der Waals surface area contributed by atoms with Gasteiger partial charge in [-0.05, 0) is 12.8 Å². The van der Waals surface area contributed by atoms with Gasteiger partial charge in [0.15, 0.2) is 0 Å². The molecule has 3 nitrogen and oxygen atoms in total. The van der Waals surface area contributed by atoms with Gasteiger partial charge >= 0.3 is 0 Å². The van der Waals surface area contributed by atoms with Crippen LogP contribution in [0.4, 0.5) is 0 Å². The van der Waals surface area contributed by atoms with Crippen molar-refractivity contribution in [1.29, 1.82) is 0 Å². The summed E-state index contributed by atoms with van der Waals surface area (Å²) in [5.41, 5.74) is -1.09. The normalized spacial score (nSPS) is 18.8. The lowest BCUT2D eigenvalue weighted by Crippen LogP contribution is -2.42. The zero-order valence-corrected chi connectivity index (χ0v) is 7.95. The lowest BCUT2D eigenvalue weighted by atomic mass is 9.88. The minimum absolute atomic E-state index is 0.0783. The Morgan fingerprint density at radius 1 is 1.33 bits per heavy atom. The second-order valence-electron chi connectivity index (χ2n) is 3.24. The van der Waals surface area contributed by atoms with Crippen LogP contribution in [-0.2, 0) is 0 Å².